The molecule has 0 heterocycles. The van der Waals surface area contributed by atoms with Crippen LogP contribution >= 0.6 is 15.9 Å². The number of benzene rings is 1. The van der Waals surface area contributed by atoms with Crippen molar-refractivity contribution in [1.29, 1.82) is 0 Å². The summed E-state index contributed by atoms with van der Waals surface area (Å²) in [5.41, 5.74) is 0.642. The number of nitro groups is 1. The monoisotopic (exact) mass is 314 g/mol. The smallest absolute Gasteiger partial charge is 0.293 e. The molecule has 98 valence electrons. The van der Waals surface area contributed by atoms with Gasteiger partial charge in [0.25, 0.3) is 5.69 Å². The van der Waals surface area contributed by atoms with Crippen molar-refractivity contribution < 1.29 is 9.66 Å². The summed E-state index contributed by atoms with van der Waals surface area (Å²) in [5, 5.41) is 14.2. The summed E-state index contributed by atoms with van der Waals surface area (Å²) in [6.45, 7) is 0.567. The van der Waals surface area contributed by atoms with Crippen LogP contribution in [0, 0.1) is 16.0 Å². The third-order valence-corrected chi connectivity index (χ3v) is 3.53. The van der Waals surface area contributed by atoms with Gasteiger partial charge in [-0.3, -0.25) is 10.1 Å². The summed E-state index contributed by atoms with van der Waals surface area (Å²) in [6.07, 6.45) is 2.32. The highest BCUT2D eigenvalue weighted by molar-refractivity contribution is 9.10. The Hall–Kier alpha value is -1.14. The number of ether oxygens (including phenoxy) is 1. The maximum atomic E-state index is 11.0. The maximum Gasteiger partial charge on any atom is 0.293 e. The first kappa shape index (κ1) is 13.3. The van der Waals surface area contributed by atoms with Gasteiger partial charge in [0, 0.05) is 17.6 Å². The van der Waals surface area contributed by atoms with Gasteiger partial charge >= 0.3 is 0 Å². The predicted molar refractivity (Wildman–Crippen MR) is 72.8 cm³/mol. The molecule has 18 heavy (non-hydrogen) atoms. The van der Waals surface area contributed by atoms with Crippen LogP contribution in [0.25, 0.3) is 0 Å². The number of hydrogen-bond donors (Lipinski definition) is 1. The fraction of sp³-hybridized carbons (Fsp3) is 0.500. The van der Waals surface area contributed by atoms with Crippen molar-refractivity contribution in [2.24, 2.45) is 5.92 Å². The van der Waals surface area contributed by atoms with E-state index < -0.39 is 0 Å². The summed E-state index contributed by atoms with van der Waals surface area (Å²) < 4.78 is 5.86. The molecule has 1 fully saturated rings. The van der Waals surface area contributed by atoms with E-state index in [0.717, 1.165) is 12.8 Å². The quantitative estimate of drug-likeness (QED) is 0.647. The molecule has 0 aliphatic heterocycles. The van der Waals surface area contributed by atoms with Crippen LogP contribution in [0.3, 0.4) is 0 Å². The SMILES string of the molecule is COCC(Nc1ccc(Br)cc1[N+](=O)[O-])C1CC1. The van der Waals surface area contributed by atoms with E-state index in [1.54, 1.807) is 19.2 Å². The molecule has 0 saturated heterocycles. The predicted octanol–water partition coefficient (Wildman–Crippen LogP) is 3.19. The van der Waals surface area contributed by atoms with Crippen LogP contribution in [0.5, 0.6) is 0 Å². The van der Waals surface area contributed by atoms with Crippen molar-refractivity contribution in [2.45, 2.75) is 18.9 Å². The maximum absolute atomic E-state index is 11.0. The largest absolute Gasteiger partial charge is 0.383 e. The lowest BCUT2D eigenvalue weighted by molar-refractivity contribution is -0.384. The summed E-state index contributed by atoms with van der Waals surface area (Å²) in [4.78, 5) is 10.6. The second-order valence-corrected chi connectivity index (χ2v) is 5.38. The Kier molecular flexibility index (Phi) is 4.19. The lowest BCUT2D eigenvalue weighted by Gasteiger charge is -2.18. The van der Waals surface area contributed by atoms with E-state index in [-0.39, 0.29) is 16.7 Å². The number of rotatable bonds is 6. The van der Waals surface area contributed by atoms with Gasteiger partial charge in [0.05, 0.1) is 17.6 Å². The Morgan fingerprint density at radius 2 is 2.33 bits per heavy atom. The van der Waals surface area contributed by atoms with Crippen LogP contribution in [0.15, 0.2) is 22.7 Å². The van der Waals surface area contributed by atoms with E-state index in [2.05, 4.69) is 21.2 Å². The summed E-state index contributed by atoms with van der Waals surface area (Å²) >= 11 is 3.25. The minimum absolute atomic E-state index is 0.0890. The minimum Gasteiger partial charge on any atom is -0.383 e. The number of hydrogen-bond acceptors (Lipinski definition) is 4. The second kappa shape index (κ2) is 5.67. The number of methoxy groups -OCH3 is 1. The van der Waals surface area contributed by atoms with Crippen molar-refractivity contribution >= 4 is 27.3 Å². The Morgan fingerprint density at radius 1 is 1.61 bits per heavy atom. The van der Waals surface area contributed by atoms with Crippen LogP contribution in [-0.2, 0) is 4.74 Å². The van der Waals surface area contributed by atoms with E-state index in [4.69, 9.17) is 4.74 Å². The fourth-order valence-electron chi connectivity index (χ4n) is 1.95. The minimum atomic E-state index is -0.371. The van der Waals surface area contributed by atoms with E-state index in [1.807, 2.05) is 0 Å². The number of nitro benzene ring substituents is 1. The average Bonchev–Trinajstić information content (AvgIpc) is 3.14. The third kappa shape index (κ3) is 3.20. The van der Waals surface area contributed by atoms with Gasteiger partial charge in [-0.1, -0.05) is 15.9 Å². The molecule has 5 nitrogen and oxygen atoms in total. The molecule has 1 aromatic carbocycles. The molecule has 1 aromatic rings. The Balaban J connectivity index is 2.18. The molecule has 2 rings (SSSR count). The average molecular weight is 315 g/mol. The van der Waals surface area contributed by atoms with Gasteiger partial charge in [0.2, 0.25) is 0 Å². The molecule has 0 bridgehead atoms. The second-order valence-electron chi connectivity index (χ2n) is 4.46. The molecular weight excluding hydrogens is 300 g/mol. The van der Waals surface area contributed by atoms with E-state index in [9.17, 15) is 10.1 Å². The van der Waals surface area contributed by atoms with Gasteiger partial charge in [0.1, 0.15) is 5.69 Å². The number of anilines is 1. The molecule has 6 heteroatoms. The van der Waals surface area contributed by atoms with Crippen LogP contribution in [0.2, 0.25) is 0 Å². The highest BCUT2D eigenvalue weighted by atomic mass is 79.9. The molecule has 0 aromatic heterocycles. The first-order valence-electron chi connectivity index (χ1n) is 5.81. The van der Waals surface area contributed by atoms with Gasteiger partial charge in [-0.2, -0.15) is 0 Å². The zero-order valence-electron chi connectivity index (χ0n) is 10.1. The van der Waals surface area contributed by atoms with E-state index in [1.165, 1.54) is 6.07 Å². The van der Waals surface area contributed by atoms with Crippen LogP contribution in [0.1, 0.15) is 12.8 Å². The van der Waals surface area contributed by atoms with Crippen molar-refractivity contribution in [2.75, 3.05) is 19.0 Å². The topological polar surface area (TPSA) is 64.4 Å². The molecule has 1 unspecified atom stereocenters. The third-order valence-electron chi connectivity index (χ3n) is 3.03. The molecule has 1 aliphatic rings. The summed E-state index contributed by atoms with van der Waals surface area (Å²) in [7, 11) is 1.65. The Morgan fingerprint density at radius 3 is 2.89 bits per heavy atom. The fourth-order valence-corrected chi connectivity index (χ4v) is 2.30. The first-order valence-corrected chi connectivity index (χ1v) is 6.60. The number of nitrogens with one attached hydrogen (secondary N) is 1. The van der Waals surface area contributed by atoms with Crippen molar-refractivity contribution in [1.82, 2.24) is 0 Å². The van der Waals surface area contributed by atoms with Crippen molar-refractivity contribution in [3.05, 3.63) is 32.8 Å². The lowest BCUT2D eigenvalue weighted by Crippen LogP contribution is -2.27. The number of halogens is 1. The molecule has 1 aliphatic carbocycles. The van der Waals surface area contributed by atoms with Gasteiger partial charge in [-0.15, -0.1) is 0 Å². The Bertz CT molecular complexity index is 449. The molecule has 1 N–H and O–H groups in total. The van der Waals surface area contributed by atoms with E-state index >= 15 is 0 Å². The molecule has 0 amide bonds. The van der Waals surface area contributed by atoms with Gasteiger partial charge in [-0.05, 0) is 30.9 Å². The van der Waals surface area contributed by atoms with Gasteiger partial charge in [-0.25, -0.2) is 0 Å². The summed E-state index contributed by atoms with van der Waals surface area (Å²) in [6, 6.07) is 5.19. The highest BCUT2D eigenvalue weighted by Gasteiger charge is 2.32. The lowest BCUT2D eigenvalue weighted by atomic mass is 10.1. The van der Waals surface area contributed by atoms with Gasteiger partial charge < -0.3 is 10.1 Å². The standard InChI is InChI=1S/C12H15BrN2O3/c1-18-7-11(8-2-3-8)14-10-5-4-9(13)6-12(10)15(16)17/h4-6,8,11,14H,2-3,7H2,1H3. The van der Waals surface area contributed by atoms with Crippen LogP contribution in [-0.4, -0.2) is 24.7 Å². The van der Waals surface area contributed by atoms with Crippen LogP contribution in [0.4, 0.5) is 11.4 Å². The number of nitrogens with zero attached hydrogens (tertiary/aromatic N) is 1. The normalized spacial score (nSPS) is 16.3. The highest BCUT2D eigenvalue weighted by Crippen LogP contribution is 2.36. The zero-order chi connectivity index (χ0) is 13.1. The van der Waals surface area contributed by atoms with Crippen molar-refractivity contribution in [3.8, 4) is 0 Å². The van der Waals surface area contributed by atoms with Crippen molar-refractivity contribution in [3.63, 3.8) is 0 Å². The molecule has 0 radical (unpaired) electrons. The van der Waals surface area contributed by atoms with Gasteiger partial charge in [0.15, 0.2) is 0 Å². The summed E-state index contributed by atoms with van der Waals surface area (Å²) in [5.74, 6) is 0.563. The Labute approximate surface area is 114 Å². The molecule has 1 saturated carbocycles. The molecular formula is C12H15BrN2O3. The first-order chi connectivity index (χ1) is 8.61. The van der Waals surface area contributed by atoms with E-state index in [0.29, 0.717) is 22.7 Å². The zero-order valence-corrected chi connectivity index (χ0v) is 11.6. The molecule has 0 spiro atoms. The van der Waals surface area contributed by atoms with Crippen LogP contribution < -0.4 is 5.32 Å². The molecule has 1 atom stereocenters.